The highest BCUT2D eigenvalue weighted by Crippen LogP contribution is 2.23. The zero-order chi connectivity index (χ0) is 30.0. The standard InChI is InChI=1S/C25H36N2O10S2/c1-5-17(3)20(25(33)26-18(14-24(31)32)12-13-38(4,34)35)15-22(28)21(10-11-23(29)30)27-39(36,37)19-8-6-16(2)7-9-19/h6-9,12-13,17-18,20-21,27H,5,10-11,14-15H2,1-4H3,(H,26,33)(H,29,30)(H,31,32)/b13-12+/t17?,18-,20+,21+/m1/s1. The van der Waals surface area contributed by atoms with E-state index < -0.39 is 86.7 Å². The molecule has 0 bridgehead atoms. The summed E-state index contributed by atoms with van der Waals surface area (Å²) in [5, 5.41) is 21.5. The normalized spacial score (nSPS) is 15.3. The Labute approximate surface area is 228 Å². The number of carbonyl (C=O) groups is 4. The van der Waals surface area contributed by atoms with Gasteiger partial charge in [-0.15, -0.1) is 0 Å². The first kappa shape index (κ1) is 33.9. The maximum atomic E-state index is 13.3. The number of rotatable bonds is 17. The first-order valence-electron chi connectivity index (χ1n) is 12.2. The van der Waals surface area contributed by atoms with Gasteiger partial charge in [0.05, 0.1) is 23.4 Å². The Morgan fingerprint density at radius 2 is 1.56 bits per heavy atom. The van der Waals surface area contributed by atoms with Crippen LogP contribution in [0.3, 0.4) is 0 Å². The molecule has 1 aromatic carbocycles. The van der Waals surface area contributed by atoms with Crippen LogP contribution in [0.1, 0.15) is 51.5 Å². The Kier molecular flexibility index (Phi) is 13.0. The molecule has 12 nitrogen and oxygen atoms in total. The van der Waals surface area contributed by atoms with E-state index in [9.17, 15) is 36.0 Å². The lowest BCUT2D eigenvalue weighted by Gasteiger charge is -2.26. The van der Waals surface area contributed by atoms with Crippen molar-refractivity contribution in [2.45, 2.75) is 69.9 Å². The molecule has 0 heterocycles. The first-order chi connectivity index (χ1) is 17.9. The monoisotopic (exact) mass is 588 g/mol. The number of sulfonamides is 1. The van der Waals surface area contributed by atoms with E-state index in [2.05, 4.69) is 10.0 Å². The average Bonchev–Trinajstić information content (AvgIpc) is 2.82. The van der Waals surface area contributed by atoms with Crippen LogP contribution in [0.5, 0.6) is 0 Å². The SMILES string of the molecule is CCC(C)[C@H](CC(=O)[C@H](CCC(=O)O)NS(=O)(=O)c1ccc(C)cc1)C(=O)N[C@H](/C=C/S(C)(=O)=O)CC(=O)O. The number of carboxylic acids is 2. The Bertz CT molecular complexity index is 1270. The number of hydrogen-bond acceptors (Lipinski definition) is 8. The molecule has 14 heteroatoms. The second kappa shape index (κ2) is 14.9. The van der Waals surface area contributed by atoms with Gasteiger partial charge in [0.15, 0.2) is 15.6 Å². The van der Waals surface area contributed by atoms with Crippen LogP contribution in [-0.4, -0.2) is 69.0 Å². The van der Waals surface area contributed by atoms with E-state index in [0.29, 0.717) is 6.42 Å². The lowest BCUT2D eigenvalue weighted by Crippen LogP contribution is -2.45. The van der Waals surface area contributed by atoms with E-state index in [1.807, 2.05) is 0 Å². The molecule has 1 aromatic rings. The molecule has 0 saturated heterocycles. The smallest absolute Gasteiger partial charge is 0.305 e. The minimum Gasteiger partial charge on any atom is -0.481 e. The zero-order valence-electron chi connectivity index (χ0n) is 22.3. The number of nitrogens with one attached hydrogen (secondary N) is 2. The van der Waals surface area contributed by atoms with Crippen LogP contribution in [0, 0.1) is 18.8 Å². The molecule has 4 N–H and O–H groups in total. The number of sulfone groups is 1. The second-order valence-corrected chi connectivity index (χ2v) is 13.1. The topological polar surface area (TPSA) is 201 Å². The van der Waals surface area contributed by atoms with E-state index in [4.69, 9.17) is 10.2 Å². The van der Waals surface area contributed by atoms with E-state index >= 15 is 0 Å². The maximum Gasteiger partial charge on any atom is 0.305 e. The van der Waals surface area contributed by atoms with Gasteiger partial charge in [-0.05, 0) is 31.4 Å². The quantitative estimate of drug-likeness (QED) is 0.207. The van der Waals surface area contributed by atoms with E-state index in [1.54, 1.807) is 32.9 Å². The Balaban J connectivity index is 3.24. The minimum absolute atomic E-state index is 0.119. The summed E-state index contributed by atoms with van der Waals surface area (Å²) >= 11 is 0. The summed E-state index contributed by atoms with van der Waals surface area (Å²) in [7, 11) is -7.81. The number of aryl methyl sites for hydroxylation is 1. The lowest BCUT2D eigenvalue weighted by atomic mass is 9.84. The van der Waals surface area contributed by atoms with Gasteiger partial charge in [0, 0.05) is 30.4 Å². The van der Waals surface area contributed by atoms with Crippen molar-refractivity contribution >= 4 is 43.5 Å². The highest BCUT2D eigenvalue weighted by Gasteiger charge is 2.33. The van der Waals surface area contributed by atoms with E-state index in [0.717, 1.165) is 23.3 Å². The molecule has 0 fully saturated rings. The van der Waals surface area contributed by atoms with Gasteiger partial charge in [-0.2, -0.15) is 0 Å². The number of benzene rings is 1. The van der Waals surface area contributed by atoms with Crippen LogP contribution in [0.25, 0.3) is 0 Å². The molecular weight excluding hydrogens is 552 g/mol. The molecule has 0 aliphatic heterocycles. The first-order valence-corrected chi connectivity index (χ1v) is 15.6. The molecule has 0 spiro atoms. The number of amides is 1. The van der Waals surface area contributed by atoms with Crippen LogP contribution in [-0.2, 0) is 39.0 Å². The van der Waals surface area contributed by atoms with Crippen LogP contribution in [0.15, 0.2) is 40.6 Å². The third-order valence-corrected chi connectivity index (χ3v) is 8.17. The summed E-state index contributed by atoms with van der Waals surface area (Å²) in [6, 6.07) is 3.20. The molecule has 218 valence electrons. The predicted molar refractivity (Wildman–Crippen MR) is 143 cm³/mol. The van der Waals surface area contributed by atoms with Crippen molar-refractivity contribution in [1.29, 1.82) is 0 Å². The molecule has 0 radical (unpaired) electrons. The minimum atomic E-state index is -4.20. The molecule has 0 saturated carbocycles. The molecule has 0 aliphatic rings. The molecule has 0 aliphatic carbocycles. The highest BCUT2D eigenvalue weighted by molar-refractivity contribution is 7.93. The average molecular weight is 589 g/mol. The van der Waals surface area contributed by atoms with Gasteiger partial charge in [0.25, 0.3) is 0 Å². The van der Waals surface area contributed by atoms with Crippen LogP contribution in [0.2, 0.25) is 0 Å². The Morgan fingerprint density at radius 3 is 2.05 bits per heavy atom. The summed E-state index contributed by atoms with van der Waals surface area (Å²) in [6.07, 6.45) is 0.425. The van der Waals surface area contributed by atoms with Gasteiger partial charge in [-0.3, -0.25) is 19.2 Å². The lowest BCUT2D eigenvalue weighted by molar-refractivity contribution is -0.139. The third kappa shape index (κ3) is 12.5. The fraction of sp³-hybridized carbons (Fsp3) is 0.520. The zero-order valence-corrected chi connectivity index (χ0v) is 23.9. The van der Waals surface area contributed by atoms with Crippen molar-refractivity contribution in [3.8, 4) is 0 Å². The van der Waals surface area contributed by atoms with Crippen LogP contribution >= 0.6 is 0 Å². The number of ketones is 1. The molecule has 39 heavy (non-hydrogen) atoms. The maximum absolute atomic E-state index is 13.3. The number of aliphatic carboxylic acids is 2. The number of carboxylic acid groups (broad SMARTS) is 2. The van der Waals surface area contributed by atoms with Gasteiger partial charge in [-0.1, -0.05) is 44.0 Å². The second-order valence-electron chi connectivity index (χ2n) is 9.45. The predicted octanol–water partition coefficient (Wildman–Crippen LogP) is 1.65. The third-order valence-electron chi connectivity index (χ3n) is 6.03. The molecular formula is C25H36N2O10S2. The molecule has 0 aromatic heterocycles. The molecule has 1 unspecified atom stereocenters. The Hall–Kier alpha value is -3.10. The van der Waals surface area contributed by atoms with Crippen molar-refractivity contribution in [1.82, 2.24) is 10.0 Å². The van der Waals surface area contributed by atoms with Gasteiger partial charge in [0.1, 0.15) is 0 Å². The molecule has 4 atom stereocenters. The van der Waals surface area contributed by atoms with Crippen LogP contribution < -0.4 is 10.0 Å². The van der Waals surface area contributed by atoms with Crippen molar-refractivity contribution in [2.24, 2.45) is 11.8 Å². The van der Waals surface area contributed by atoms with Crippen molar-refractivity contribution < 1.29 is 46.2 Å². The Morgan fingerprint density at radius 1 is 0.974 bits per heavy atom. The fourth-order valence-corrected chi connectivity index (χ4v) is 5.33. The van der Waals surface area contributed by atoms with Crippen molar-refractivity contribution in [2.75, 3.05) is 6.26 Å². The molecule has 1 rings (SSSR count). The summed E-state index contributed by atoms with van der Waals surface area (Å²) in [5.74, 6) is -5.41. The summed E-state index contributed by atoms with van der Waals surface area (Å²) < 4.78 is 51.0. The highest BCUT2D eigenvalue weighted by atomic mass is 32.2. The van der Waals surface area contributed by atoms with Gasteiger partial charge < -0.3 is 15.5 Å². The van der Waals surface area contributed by atoms with Gasteiger partial charge >= 0.3 is 11.9 Å². The molecule has 1 amide bonds. The summed E-state index contributed by atoms with van der Waals surface area (Å²) in [4.78, 5) is 48.7. The van der Waals surface area contributed by atoms with Gasteiger partial charge in [0.2, 0.25) is 15.9 Å². The summed E-state index contributed by atoms with van der Waals surface area (Å²) in [5.41, 5.74) is 0.808. The van der Waals surface area contributed by atoms with E-state index in [1.165, 1.54) is 12.1 Å². The number of hydrogen-bond donors (Lipinski definition) is 4. The number of Topliss-reactive ketones (excluding diaryl/α,β-unsaturated/α-hetero) is 1. The fourth-order valence-electron chi connectivity index (χ4n) is 3.60. The van der Waals surface area contributed by atoms with Gasteiger partial charge in [-0.25, -0.2) is 21.6 Å². The van der Waals surface area contributed by atoms with Crippen LogP contribution in [0.4, 0.5) is 0 Å². The number of carbonyl (C=O) groups excluding carboxylic acids is 2. The van der Waals surface area contributed by atoms with E-state index in [-0.39, 0.29) is 11.3 Å². The summed E-state index contributed by atoms with van der Waals surface area (Å²) in [6.45, 7) is 5.20. The van der Waals surface area contributed by atoms with Crippen molar-refractivity contribution in [3.63, 3.8) is 0 Å². The van der Waals surface area contributed by atoms with Crippen molar-refractivity contribution in [3.05, 3.63) is 41.3 Å². The largest absolute Gasteiger partial charge is 0.481 e.